The van der Waals surface area contributed by atoms with Gasteiger partial charge >= 0.3 is 0 Å². The minimum Gasteiger partial charge on any atom is -0.455 e. The molecule has 0 spiro atoms. The molecule has 0 atom stereocenters. The molecule has 0 aliphatic heterocycles. The molecule has 0 saturated carbocycles. The van der Waals surface area contributed by atoms with Crippen LogP contribution >= 0.6 is 0 Å². The quantitative estimate of drug-likeness (QED) is 0.201. The lowest BCUT2D eigenvalue weighted by atomic mass is 9.96. The van der Waals surface area contributed by atoms with Crippen molar-refractivity contribution in [2.75, 3.05) is 0 Å². The highest BCUT2D eigenvalue weighted by Gasteiger charge is 2.16. The van der Waals surface area contributed by atoms with Gasteiger partial charge in [0.05, 0.1) is 22.9 Å². The van der Waals surface area contributed by atoms with Crippen molar-refractivity contribution < 1.29 is 4.42 Å². The van der Waals surface area contributed by atoms with E-state index in [0.717, 1.165) is 66.1 Å². The van der Waals surface area contributed by atoms with Crippen molar-refractivity contribution in [1.82, 2.24) is 9.97 Å². The molecule has 43 heavy (non-hydrogen) atoms. The van der Waals surface area contributed by atoms with E-state index in [1.165, 1.54) is 32.7 Å². The van der Waals surface area contributed by atoms with E-state index in [9.17, 15) is 0 Å². The predicted molar refractivity (Wildman–Crippen MR) is 180 cm³/mol. The monoisotopic (exact) mass is 550 g/mol. The summed E-state index contributed by atoms with van der Waals surface area (Å²) in [6.45, 7) is 4.26. The van der Waals surface area contributed by atoms with Gasteiger partial charge in [0.25, 0.3) is 0 Å². The van der Waals surface area contributed by atoms with Crippen molar-refractivity contribution in [2.24, 2.45) is 0 Å². The minimum absolute atomic E-state index is 0.854. The van der Waals surface area contributed by atoms with Crippen LogP contribution in [0, 0.1) is 13.8 Å². The van der Waals surface area contributed by atoms with Gasteiger partial charge in [-0.3, -0.25) is 4.98 Å². The molecule has 3 nitrogen and oxygen atoms in total. The van der Waals surface area contributed by atoms with Gasteiger partial charge in [-0.1, -0.05) is 102 Å². The first-order valence-electron chi connectivity index (χ1n) is 14.7. The van der Waals surface area contributed by atoms with Crippen molar-refractivity contribution in [3.63, 3.8) is 0 Å². The zero-order valence-electron chi connectivity index (χ0n) is 23.8. The van der Waals surface area contributed by atoms with Crippen molar-refractivity contribution in [2.45, 2.75) is 13.8 Å². The molecule has 0 saturated heterocycles. The average Bonchev–Trinajstić information content (AvgIpc) is 3.44. The maximum Gasteiger partial charge on any atom is 0.143 e. The van der Waals surface area contributed by atoms with Gasteiger partial charge < -0.3 is 4.42 Å². The number of hydrogen-bond acceptors (Lipinski definition) is 3. The summed E-state index contributed by atoms with van der Waals surface area (Å²) in [6, 6.07) is 40.9. The molecule has 0 N–H and O–H groups in total. The summed E-state index contributed by atoms with van der Waals surface area (Å²) in [5.41, 5.74) is 10.1. The summed E-state index contributed by atoms with van der Waals surface area (Å²) in [5.74, 6) is 0. The molecule has 2 heterocycles. The molecule has 0 unspecified atom stereocenters. The molecule has 2 aromatic heterocycles. The number of aromatic nitrogens is 2. The molecule has 9 aromatic rings. The fourth-order valence-corrected chi connectivity index (χ4v) is 6.73. The largest absolute Gasteiger partial charge is 0.455 e. The molecule has 0 radical (unpaired) electrons. The van der Waals surface area contributed by atoms with Crippen LogP contribution in [0.4, 0.5) is 0 Å². The zero-order valence-corrected chi connectivity index (χ0v) is 23.8. The Bertz CT molecular complexity index is 2590. The molecule has 0 amide bonds. The number of furan rings is 1. The molecule has 0 fully saturated rings. The fraction of sp³-hybridized carbons (Fsp3) is 0.0500. The van der Waals surface area contributed by atoms with E-state index in [2.05, 4.69) is 129 Å². The highest BCUT2D eigenvalue weighted by Crippen LogP contribution is 2.40. The minimum atomic E-state index is 0.854. The van der Waals surface area contributed by atoms with Crippen LogP contribution < -0.4 is 0 Å². The number of nitrogens with zero attached hydrogens (tertiary/aromatic N) is 2. The highest BCUT2D eigenvalue weighted by atomic mass is 16.3. The summed E-state index contributed by atoms with van der Waals surface area (Å²) < 4.78 is 6.53. The van der Waals surface area contributed by atoms with Crippen LogP contribution in [0.2, 0.25) is 0 Å². The number of aryl methyl sites for hydroxylation is 2. The van der Waals surface area contributed by atoms with E-state index in [0.29, 0.717) is 0 Å². The number of benzene rings is 7. The summed E-state index contributed by atoms with van der Waals surface area (Å²) in [6.07, 6.45) is 1.92. The lowest BCUT2D eigenvalue weighted by Crippen LogP contribution is -1.93. The van der Waals surface area contributed by atoms with Crippen LogP contribution in [0.5, 0.6) is 0 Å². The Morgan fingerprint density at radius 1 is 0.535 bits per heavy atom. The number of para-hydroxylation sites is 1. The standard InChI is InChI=1S/C40H26N2O/c1-23-13-16-30-31-17-14-24(2)20-34(31)39-38(33(30)19-23)41-22-35(42-39)27-9-5-8-26(21-27)29-11-6-12-32-37-28-10-4-3-7-25(28)15-18-36(37)43-40(29)32/h3-22H,1-2H3. The summed E-state index contributed by atoms with van der Waals surface area (Å²) in [7, 11) is 0. The molecule has 0 aliphatic carbocycles. The van der Waals surface area contributed by atoms with E-state index in [1.807, 2.05) is 6.20 Å². The maximum atomic E-state index is 6.53. The highest BCUT2D eigenvalue weighted by molar-refractivity contribution is 6.23. The van der Waals surface area contributed by atoms with Crippen molar-refractivity contribution in [3.05, 3.63) is 133 Å². The van der Waals surface area contributed by atoms with Gasteiger partial charge in [-0.15, -0.1) is 0 Å². The van der Waals surface area contributed by atoms with Gasteiger partial charge in [0, 0.05) is 32.7 Å². The predicted octanol–water partition coefficient (Wildman–Crippen LogP) is 10.9. The molecular formula is C40H26N2O. The Labute approximate surface area is 248 Å². The lowest BCUT2D eigenvalue weighted by Gasteiger charge is -2.12. The molecule has 202 valence electrons. The Morgan fingerprint density at radius 2 is 1.26 bits per heavy atom. The van der Waals surface area contributed by atoms with Crippen LogP contribution in [0.1, 0.15) is 11.1 Å². The first-order valence-corrected chi connectivity index (χ1v) is 14.7. The van der Waals surface area contributed by atoms with E-state index in [1.54, 1.807) is 0 Å². The Kier molecular flexibility index (Phi) is 5.03. The Morgan fingerprint density at radius 3 is 2.09 bits per heavy atom. The van der Waals surface area contributed by atoms with E-state index < -0.39 is 0 Å². The van der Waals surface area contributed by atoms with Gasteiger partial charge in [-0.05, 0) is 65.2 Å². The van der Waals surface area contributed by atoms with Crippen molar-refractivity contribution in [1.29, 1.82) is 0 Å². The van der Waals surface area contributed by atoms with Crippen molar-refractivity contribution in [3.8, 4) is 22.4 Å². The van der Waals surface area contributed by atoms with Crippen LogP contribution in [0.25, 0.3) is 87.7 Å². The maximum absolute atomic E-state index is 6.53. The van der Waals surface area contributed by atoms with Gasteiger partial charge in [0.2, 0.25) is 0 Å². The van der Waals surface area contributed by atoms with Gasteiger partial charge in [0.15, 0.2) is 0 Å². The first-order chi connectivity index (χ1) is 21.1. The Balaban J connectivity index is 1.25. The zero-order chi connectivity index (χ0) is 28.7. The van der Waals surface area contributed by atoms with Crippen LogP contribution in [0.15, 0.2) is 126 Å². The molecule has 0 bridgehead atoms. The van der Waals surface area contributed by atoms with Crippen LogP contribution in [0.3, 0.4) is 0 Å². The van der Waals surface area contributed by atoms with E-state index in [4.69, 9.17) is 14.4 Å². The van der Waals surface area contributed by atoms with E-state index in [-0.39, 0.29) is 0 Å². The smallest absolute Gasteiger partial charge is 0.143 e. The summed E-state index contributed by atoms with van der Waals surface area (Å²) >= 11 is 0. The second-order valence-corrected chi connectivity index (χ2v) is 11.6. The van der Waals surface area contributed by atoms with Gasteiger partial charge in [-0.2, -0.15) is 0 Å². The summed E-state index contributed by atoms with van der Waals surface area (Å²) in [4.78, 5) is 10.3. The SMILES string of the molecule is Cc1ccc2c3ccc(C)cc3c3nc(-c4cccc(-c5cccc6c5oc5ccc7ccccc7c56)c4)cnc3c2c1. The number of hydrogen-bond donors (Lipinski definition) is 0. The second kappa shape index (κ2) is 8.98. The normalized spacial score (nSPS) is 12.0. The van der Waals surface area contributed by atoms with Gasteiger partial charge in [-0.25, -0.2) is 4.98 Å². The molecule has 0 aliphatic rings. The third kappa shape index (κ3) is 3.61. The average molecular weight is 551 g/mol. The summed E-state index contributed by atoms with van der Waals surface area (Å²) in [5, 5.41) is 9.41. The molecule has 9 rings (SSSR count). The Hall–Kier alpha value is -5.54. The lowest BCUT2D eigenvalue weighted by molar-refractivity contribution is 0.670. The number of rotatable bonds is 2. The molecule has 3 heteroatoms. The molecule has 7 aromatic carbocycles. The van der Waals surface area contributed by atoms with Crippen LogP contribution in [-0.4, -0.2) is 9.97 Å². The third-order valence-electron chi connectivity index (χ3n) is 8.78. The first kappa shape index (κ1) is 24.1. The fourth-order valence-electron chi connectivity index (χ4n) is 6.73. The topological polar surface area (TPSA) is 38.9 Å². The van der Waals surface area contributed by atoms with E-state index >= 15 is 0 Å². The van der Waals surface area contributed by atoms with Gasteiger partial charge in [0.1, 0.15) is 11.2 Å². The number of fused-ring (bicyclic) bond motifs is 11. The molecular weight excluding hydrogens is 524 g/mol. The van der Waals surface area contributed by atoms with Crippen LogP contribution in [-0.2, 0) is 0 Å². The third-order valence-corrected chi connectivity index (χ3v) is 8.78. The second-order valence-electron chi connectivity index (χ2n) is 11.6. The van der Waals surface area contributed by atoms with Crippen molar-refractivity contribution >= 4 is 65.3 Å².